The van der Waals surface area contributed by atoms with E-state index in [1.54, 1.807) is 32.4 Å². The van der Waals surface area contributed by atoms with Crippen molar-refractivity contribution in [3.8, 4) is 11.5 Å². The number of carbonyl (C=O) groups is 2. The molecule has 0 N–H and O–H groups in total. The first-order valence-electron chi connectivity index (χ1n) is 7.34. The van der Waals surface area contributed by atoms with Gasteiger partial charge in [-0.15, -0.1) is 0 Å². The Balaban J connectivity index is 2.53. The van der Waals surface area contributed by atoms with Crippen molar-refractivity contribution in [1.82, 2.24) is 0 Å². The van der Waals surface area contributed by atoms with E-state index in [0.29, 0.717) is 11.5 Å². The Hall–Kier alpha value is -2.46. The minimum atomic E-state index is -0.978. The molecule has 0 fully saturated rings. The fraction of sp³-hybridized carbons (Fsp3) is 0.222. The maximum atomic E-state index is 12.3. The van der Waals surface area contributed by atoms with Crippen molar-refractivity contribution in [3.63, 3.8) is 0 Å². The molecular formula is C18H19AsO6. The molecule has 1 unspecified atom stereocenters. The van der Waals surface area contributed by atoms with E-state index < -0.39 is 27.7 Å². The molecule has 1 atom stereocenters. The predicted molar refractivity (Wildman–Crippen MR) is 95.1 cm³/mol. The van der Waals surface area contributed by atoms with Crippen LogP contribution in [0.3, 0.4) is 0 Å². The van der Waals surface area contributed by atoms with Gasteiger partial charge < -0.3 is 0 Å². The summed E-state index contributed by atoms with van der Waals surface area (Å²) in [5, 5.41) is 0. The van der Waals surface area contributed by atoms with Crippen LogP contribution in [0.15, 0.2) is 36.4 Å². The number of hydrogen-bond donors (Lipinski definition) is 0. The van der Waals surface area contributed by atoms with Crippen LogP contribution < -0.4 is 18.2 Å². The van der Waals surface area contributed by atoms with E-state index in [0.717, 1.165) is 8.70 Å². The molecule has 0 aliphatic rings. The Labute approximate surface area is 152 Å². The number of esters is 2. The van der Waals surface area contributed by atoms with Crippen molar-refractivity contribution in [2.75, 3.05) is 28.4 Å². The standard InChI is InChI=1S/C18H19AsO6/c1-22-11-8-9-13(15(10-11)23-2)19-14-7-5-6-12(17(20)24-3)16(14)18(21)25-4/h5-10,19H,1-4H3. The van der Waals surface area contributed by atoms with Gasteiger partial charge in [0.15, 0.2) is 0 Å². The van der Waals surface area contributed by atoms with Crippen LogP contribution in [0.5, 0.6) is 11.5 Å². The number of rotatable bonds is 6. The first-order valence-corrected chi connectivity index (χ1v) is 9.44. The molecule has 0 bridgehead atoms. The summed E-state index contributed by atoms with van der Waals surface area (Å²) in [5.41, 5.74) is 0.442. The number of benzene rings is 2. The Kier molecular flexibility index (Phi) is 6.48. The first kappa shape index (κ1) is 18.9. The maximum absolute atomic E-state index is 12.3. The molecule has 0 radical (unpaired) electrons. The molecule has 2 aromatic rings. The average Bonchev–Trinajstić information content (AvgIpc) is 2.66. The molecule has 0 aliphatic heterocycles. The molecule has 6 nitrogen and oxygen atoms in total. The van der Waals surface area contributed by atoms with E-state index in [-0.39, 0.29) is 11.1 Å². The summed E-state index contributed by atoms with van der Waals surface area (Å²) in [7, 11) is 5.73. The second kappa shape index (κ2) is 8.58. The molecule has 0 aromatic heterocycles. The summed E-state index contributed by atoms with van der Waals surface area (Å²) in [5.74, 6) is 0.227. The Morgan fingerprint density at radius 1 is 0.840 bits per heavy atom. The second-order valence-electron chi connectivity index (χ2n) is 4.90. The molecule has 132 valence electrons. The van der Waals surface area contributed by atoms with E-state index in [9.17, 15) is 9.59 Å². The fourth-order valence-electron chi connectivity index (χ4n) is 2.31. The molecule has 0 heterocycles. The summed E-state index contributed by atoms with van der Waals surface area (Å²) in [6.07, 6.45) is 0. The number of methoxy groups -OCH3 is 4. The number of ether oxygens (including phenoxy) is 4. The monoisotopic (exact) mass is 406 g/mol. The fourth-order valence-corrected chi connectivity index (χ4v) is 5.02. The molecule has 0 saturated carbocycles. The summed E-state index contributed by atoms with van der Waals surface area (Å²) in [6, 6.07) is 10.6. The Bertz CT molecular complexity index is 787. The molecule has 0 aliphatic carbocycles. The summed E-state index contributed by atoms with van der Waals surface area (Å²) in [4.78, 5) is 24.3. The molecule has 0 spiro atoms. The van der Waals surface area contributed by atoms with Crippen LogP contribution in [0.2, 0.25) is 0 Å². The van der Waals surface area contributed by atoms with Crippen LogP contribution in [-0.4, -0.2) is 56.1 Å². The summed E-state index contributed by atoms with van der Waals surface area (Å²) in [6.45, 7) is 0. The van der Waals surface area contributed by atoms with Crippen molar-refractivity contribution < 1.29 is 28.5 Å². The predicted octanol–water partition coefficient (Wildman–Crippen LogP) is 0.664. The zero-order chi connectivity index (χ0) is 18.4. The van der Waals surface area contributed by atoms with Gasteiger partial charge in [-0.3, -0.25) is 0 Å². The number of hydrogen-bond acceptors (Lipinski definition) is 6. The van der Waals surface area contributed by atoms with Gasteiger partial charge in [0.1, 0.15) is 0 Å². The van der Waals surface area contributed by atoms with Crippen LogP contribution in [0.25, 0.3) is 0 Å². The molecule has 0 saturated heterocycles. The van der Waals surface area contributed by atoms with Gasteiger partial charge >= 0.3 is 152 Å². The van der Waals surface area contributed by atoms with Crippen molar-refractivity contribution in [3.05, 3.63) is 47.5 Å². The quantitative estimate of drug-likeness (QED) is 0.519. The van der Waals surface area contributed by atoms with E-state index in [1.807, 2.05) is 18.2 Å². The molecule has 25 heavy (non-hydrogen) atoms. The average molecular weight is 406 g/mol. The van der Waals surface area contributed by atoms with Gasteiger partial charge in [-0.05, 0) is 0 Å². The third kappa shape index (κ3) is 4.14. The van der Waals surface area contributed by atoms with E-state index in [2.05, 4.69) is 0 Å². The Morgan fingerprint density at radius 2 is 1.56 bits per heavy atom. The van der Waals surface area contributed by atoms with Gasteiger partial charge in [0.2, 0.25) is 0 Å². The van der Waals surface area contributed by atoms with Crippen LogP contribution in [0.4, 0.5) is 0 Å². The van der Waals surface area contributed by atoms with Crippen LogP contribution in [0.1, 0.15) is 20.7 Å². The van der Waals surface area contributed by atoms with Crippen molar-refractivity contribution in [2.24, 2.45) is 0 Å². The van der Waals surface area contributed by atoms with Gasteiger partial charge in [0.25, 0.3) is 0 Å². The van der Waals surface area contributed by atoms with Gasteiger partial charge in [-0.2, -0.15) is 0 Å². The third-order valence-corrected chi connectivity index (χ3v) is 6.41. The third-order valence-electron chi connectivity index (χ3n) is 3.54. The van der Waals surface area contributed by atoms with Crippen molar-refractivity contribution >= 4 is 36.4 Å². The molecule has 7 heteroatoms. The topological polar surface area (TPSA) is 71.1 Å². The van der Waals surface area contributed by atoms with Crippen LogP contribution in [-0.2, 0) is 9.47 Å². The SMILES string of the molecule is COC(=O)c1cccc([AsH]c2ccc(OC)cc2OC)c1C(=O)OC. The molecular weight excluding hydrogens is 387 g/mol. The second-order valence-corrected chi connectivity index (χ2v) is 7.69. The molecule has 0 amide bonds. The zero-order valence-corrected chi connectivity index (χ0v) is 16.5. The number of carbonyl (C=O) groups excluding carboxylic acids is 2. The molecule has 2 rings (SSSR count). The Morgan fingerprint density at radius 3 is 2.16 bits per heavy atom. The van der Waals surface area contributed by atoms with E-state index >= 15 is 0 Å². The van der Waals surface area contributed by atoms with Gasteiger partial charge in [0.05, 0.1) is 0 Å². The normalized spacial score (nSPS) is 10.6. The minimum absolute atomic E-state index is 0.197. The molecule has 2 aromatic carbocycles. The van der Waals surface area contributed by atoms with Gasteiger partial charge in [-0.25, -0.2) is 0 Å². The summed E-state index contributed by atoms with van der Waals surface area (Å²) >= 11 is -0.978. The summed E-state index contributed by atoms with van der Waals surface area (Å²) < 4.78 is 22.0. The first-order chi connectivity index (χ1) is 12.0. The van der Waals surface area contributed by atoms with Crippen LogP contribution >= 0.6 is 0 Å². The van der Waals surface area contributed by atoms with Gasteiger partial charge in [0, 0.05) is 0 Å². The van der Waals surface area contributed by atoms with Crippen molar-refractivity contribution in [2.45, 2.75) is 0 Å². The van der Waals surface area contributed by atoms with E-state index in [1.165, 1.54) is 14.2 Å². The zero-order valence-electron chi connectivity index (χ0n) is 14.4. The van der Waals surface area contributed by atoms with Gasteiger partial charge in [-0.1, -0.05) is 0 Å². The van der Waals surface area contributed by atoms with Crippen LogP contribution in [0, 0.1) is 0 Å². The van der Waals surface area contributed by atoms with Crippen molar-refractivity contribution in [1.29, 1.82) is 0 Å². The van der Waals surface area contributed by atoms with E-state index in [4.69, 9.17) is 18.9 Å².